The summed E-state index contributed by atoms with van der Waals surface area (Å²) in [6.45, 7) is 13.4. The van der Waals surface area contributed by atoms with Crippen LogP contribution in [0.5, 0.6) is 0 Å². The molecule has 0 fully saturated rings. The Balaban J connectivity index is 4.31. The van der Waals surface area contributed by atoms with Crippen LogP contribution in [0.2, 0.25) is 0 Å². The first-order valence-electron chi connectivity index (χ1n) is 4.37. The fourth-order valence-corrected chi connectivity index (χ4v) is 1.33. The lowest BCUT2D eigenvalue weighted by molar-refractivity contribution is 0.0240. The van der Waals surface area contributed by atoms with E-state index in [9.17, 15) is 5.11 Å². The molecule has 0 radical (unpaired) electrons. The van der Waals surface area contributed by atoms with Crippen LogP contribution in [0.25, 0.3) is 0 Å². The van der Waals surface area contributed by atoms with E-state index in [0.717, 1.165) is 6.42 Å². The van der Waals surface area contributed by atoms with Gasteiger partial charge in [0.15, 0.2) is 0 Å². The SMILES string of the molecule is C=CCC(C)(C)C(O)C(C)C=C. The van der Waals surface area contributed by atoms with Crippen molar-refractivity contribution in [3.8, 4) is 0 Å². The first-order chi connectivity index (χ1) is 5.45. The normalized spacial score (nSPS) is 16.7. The van der Waals surface area contributed by atoms with Crippen molar-refractivity contribution in [2.75, 3.05) is 0 Å². The van der Waals surface area contributed by atoms with Crippen molar-refractivity contribution in [1.82, 2.24) is 0 Å². The molecule has 0 saturated heterocycles. The molecule has 1 heteroatoms. The minimum Gasteiger partial charge on any atom is -0.392 e. The van der Waals surface area contributed by atoms with Crippen LogP contribution in [0.3, 0.4) is 0 Å². The first kappa shape index (κ1) is 11.4. The van der Waals surface area contributed by atoms with Gasteiger partial charge >= 0.3 is 0 Å². The summed E-state index contributed by atoms with van der Waals surface area (Å²) in [5.41, 5.74) is -0.102. The van der Waals surface area contributed by atoms with Crippen LogP contribution in [0.4, 0.5) is 0 Å². The van der Waals surface area contributed by atoms with Crippen molar-refractivity contribution in [2.45, 2.75) is 33.3 Å². The molecule has 0 aliphatic rings. The van der Waals surface area contributed by atoms with E-state index in [-0.39, 0.29) is 17.4 Å². The Morgan fingerprint density at radius 2 is 1.92 bits per heavy atom. The summed E-state index contributed by atoms with van der Waals surface area (Å²) >= 11 is 0. The highest BCUT2D eigenvalue weighted by atomic mass is 16.3. The molecule has 2 unspecified atom stereocenters. The van der Waals surface area contributed by atoms with E-state index in [2.05, 4.69) is 13.2 Å². The molecule has 0 rings (SSSR count). The summed E-state index contributed by atoms with van der Waals surface area (Å²) in [5.74, 6) is 0.139. The largest absolute Gasteiger partial charge is 0.392 e. The molecule has 0 aliphatic carbocycles. The predicted octanol–water partition coefficient (Wildman–Crippen LogP) is 2.77. The summed E-state index contributed by atoms with van der Waals surface area (Å²) in [4.78, 5) is 0. The first-order valence-corrected chi connectivity index (χ1v) is 4.37. The highest BCUT2D eigenvalue weighted by Crippen LogP contribution is 2.30. The summed E-state index contributed by atoms with van der Waals surface area (Å²) < 4.78 is 0. The van der Waals surface area contributed by atoms with Gasteiger partial charge < -0.3 is 5.11 Å². The number of rotatable bonds is 5. The monoisotopic (exact) mass is 168 g/mol. The summed E-state index contributed by atoms with van der Waals surface area (Å²) in [6, 6.07) is 0. The zero-order chi connectivity index (χ0) is 9.78. The van der Waals surface area contributed by atoms with Gasteiger partial charge in [0.2, 0.25) is 0 Å². The Labute approximate surface area is 75.8 Å². The molecule has 1 nitrogen and oxygen atoms in total. The van der Waals surface area contributed by atoms with Gasteiger partial charge in [-0.1, -0.05) is 32.9 Å². The lowest BCUT2D eigenvalue weighted by Gasteiger charge is -2.32. The molecule has 0 aromatic heterocycles. The molecular formula is C11H20O. The van der Waals surface area contributed by atoms with E-state index in [1.54, 1.807) is 6.08 Å². The highest BCUT2D eigenvalue weighted by molar-refractivity contribution is 4.92. The topological polar surface area (TPSA) is 20.2 Å². The quantitative estimate of drug-likeness (QED) is 0.626. The molecule has 0 saturated carbocycles. The van der Waals surface area contributed by atoms with Gasteiger partial charge in [0, 0.05) is 5.92 Å². The third-order valence-electron chi connectivity index (χ3n) is 2.34. The van der Waals surface area contributed by atoms with Crippen molar-refractivity contribution in [3.05, 3.63) is 25.3 Å². The van der Waals surface area contributed by atoms with Gasteiger partial charge in [-0.2, -0.15) is 0 Å². The second kappa shape index (κ2) is 4.46. The Morgan fingerprint density at radius 1 is 1.42 bits per heavy atom. The lowest BCUT2D eigenvalue weighted by atomic mass is 9.78. The maximum atomic E-state index is 9.86. The van der Waals surface area contributed by atoms with E-state index in [1.165, 1.54) is 0 Å². The number of allylic oxidation sites excluding steroid dienone is 1. The molecule has 0 aliphatic heterocycles. The van der Waals surface area contributed by atoms with Crippen molar-refractivity contribution < 1.29 is 5.11 Å². The zero-order valence-corrected chi connectivity index (χ0v) is 8.38. The Hall–Kier alpha value is -0.560. The zero-order valence-electron chi connectivity index (χ0n) is 8.38. The molecule has 0 spiro atoms. The minimum atomic E-state index is -0.340. The maximum Gasteiger partial charge on any atom is 0.0653 e. The minimum absolute atomic E-state index is 0.102. The lowest BCUT2D eigenvalue weighted by Crippen LogP contribution is -2.33. The number of aliphatic hydroxyl groups is 1. The molecule has 70 valence electrons. The van der Waals surface area contributed by atoms with E-state index in [4.69, 9.17) is 0 Å². The van der Waals surface area contributed by atoms with Gasteiger partial charge in [-0.3, -0.25) is 0 Å². The van der Waals surface area contributed by atoms with Crippen molar-refractivity contribution in [1.29, 1.82) is 0 Å². The van der Waals surface area contributed by atoms with Crippen LogP contribution in [0, 0.1) is 11.3 Å². The molecule has 0 aromatic rings. The van der Waals surface area contributed by atoms with Gasteiger partial charge in [-0.05, 0) is 11.8 Å². The Bertz CT molecular complexity index is 158. The molecule has 0 heterocycles. The second-order valence-electron chi connectivity index (χ2n) is 4.02. The molecular weight excluding hydrogens is 148 g/mol. The molecule has 12 heavy (non-hydrogen) atoms. The van der Waals surface area contributed by atoms with Gasteiger partial charge in [0.25, 0.3) is 0 Å². The molecule has 0 aromatic carbocycles. The highest BCUT2D eigenvalue weighted by Gasteiger charge is 2.29. The van der Waals surface area contributed by atoms with E-state index in [0.29, 0.717) is 0 Å². The third-order valence-corrected chi connectivity index (χ3v) is 2.34. The Kier molecular flexibility index (Phi) is 4.25. The number of hydrogen-bond donors (Lipinski definition) is 1. The molecule has 1 N–H and O–H groups in total. The van der Waals surface area contributed by atoms with Gasteiger partial charge in [0.05, 0.1) is 6.10 Å². The van der Waals surface area contributed by atoms with Crippen LogP contribution in [-0.4, -0.2) is 11.2 Å². The van der Waals surface area contributed by atoms with Gasteiger partial charge in [-0.25, -0.2) is 0 Å². The number of aliphatic hydroxyl groups excluding tert-OH is 1. The van der Waals surface area contributed by atoms with E-state index < -0.39 is 0 Å². The smallest absolute Gasteiger partial charge is 0.0653 e. The molecule has 0 bridgehead atoms. The predicted molar refractivity (Wildman–Crippen MR) is 54.0 cm³/mol. The number of hydrogen-bond acceptors (Lipinski definition) is 1. The van der Waals surface area contributed by atoms with Crippen LogP contribution < -0.4 is 0 Å². The average Bonchev–Trinajstić information content (AvgIpc) is 2.01. The van der Waals surface area contributed by atoms with Gasteiger partial charge in [0.1, 0.15) is 0 Å². The second-order valence-corrected chi connectivity index (χ2v) is 4.02. The summed E-state index contributed by atoms with van der Waals surface area (Å²) in [6.07, 6.45) is 4.12. The van der Waals surface area contributed by atoms with Crippen LogP contribution in [0.1, 0.15) is 27.2 Å². The third kappa shape index (κ3) is 2.82. The maximum absolute atomic E-state index is 9.86. The van der Waals surface area contributed by atoms with Crippen molar-refractivity contribution >= 4 is 0 Å². The van der Waals surface area contributed by atoms with E-state index >= 15 is 0 Å². The van der Waals surface area contributed by atoms with E-state index in [1.807, 2.05) is 26.8 Å². The molecule has 0 amide bonds. The standard InChI is InChI=1S/C11H20O/c1-6-8-11(4,5)10(12)9(3)7-2/h6-7,9-10,12H,1-2,8H2,3-5H3. The van der Waals surface area contributed by atoms with Gasteiger partial charge in [-0.15, -0.1) is 13.2 Å². The average molecular weight is 168 g/mol. The van der Waals surface area contributed by atoms with Crippen LogP contribution >= 0.6 is 0 Å². The van der Waals surface area contributed by atoms with Crippen LogP contribution in [-0.2, 0) is 0 Å². The van der Waals surface area contributed by atoms with Crippen molar-refractivity contribution in [3.63, 3.8) is 0 Å². The van der Waals surface area contributed by atoms with Crippen molar-refractivity contribution in [2.24, 2.45) is 11.3 Å². The summed E-state index contributed by atoms with van der Waals surface area (Å²) in [7, 11) is 0. The molecule has 2 atom stereocenters. The fourth-order valence-electron chi connectivity index (χ4n) is 1.33. The van der Waals surface area contributed by atoms with Crippen LogP contribution in [0.15, 0.2) is 25.3 Å². The fraction of sp³-hybridized carbons (Fsp3) is 0.636. The summed E-state index contributed by atoms with van der Waals surface area (Å²) in [5, 5.41) is 9.86. The Morgan fingerprint density at radius 3 is 2.25 bits per heavy atom.